The van der Waals surface area contributed by atoms with Gasteiger partial charge in [0.25, 0.3) is 0 Å². The largest absolute Gasteiger partial charge is 2.00 e. The summed E-state index contributed by atoms with van der Waals surface area (Å²) in [4.78, 5) is -0.218. The quantitative estimate of drug-likeness (QED) is 0.0374. The predicted octanol–water partition coefficient (Wildman–Crippen LogP) is 16.0. The first-order valence-corrected chi connectivity index (χ1v) is 28.0. The molecule has 0 unspecified atom stereocenters. The van der Waals surface area contributed by atoms with Crippen molar-refractivity contribution in [3.63, 3.8) is 0 Å². The van der Waals surface area contributed by atoms with Crippen molar-refractivity contribution in [1.29, 1.82) is 0 Å². The first-order chi connectivity index (χ1) is 29.1. The van der Waals surface area contributed by atoms with Gasteiger partial charge in [-0.15, -0.1) is 0 Å². The molecule has 0 amide bonds. The van der Waals surface area contributed by atoms with Crippen LogP contribution in [0.2, 0.25) is 0 Å². The third kappa shape index (κ3) is 38.1. The van der Waals surface area contributed by atoms with Gasteiger partial charge >= 0.3 is 23.1 Å². The minimum Gasteiger partial charge on any atom is -0.744 e. The normalized spacial score (nSPS) is 11.6. The van der Waals surface area contributed by atoms with Gasteiger partial charge in [-0.1, -0.05) is 256 Å². The number of rotatable bonds is 40. The van der Waals surface area contributed by atoms with Crippen LogP contribution in [0.25, 0.3) is 0 Å². The number of aryl methyl sites for hydroxylation is 2. The maximum Gasteiger partial charge on any atom is 2.00 e. The van der Waals surface area contributed by atoms with E-state index in [-0.39, 0.29) is 32.8 Å². The van der Waals surface area contributed by atoms with Crippen molar-refractivity contribution in [2.75, 3.05) is 0 Å². The summed E-state index contributed by atoms with van der Waals surface area (Å²) in [6.07, 6.45) is 50.6. The average molecular weight is 900 g/mol. The molecule has 0 aromatic heterocycles. The molecule has 61 heavy (non-hydrogen) atoms. The van der Waals surface area contributed by atoms with Crippen molar-refractivity contribution in [3.8, 4) is 0 Å². The van der Waals surface area contributed by atoms with E-state index < -0.39 is 20.2 Å². The van der Waals surface area contributed by atoms with Gasteiger partial charge in [0.2, 0.25) is 0 Å². The molecule has 0 aliphatic heterocycles. The van der Waals surface area contributed by atoms with E-state index in [1.807, 2.05) is 12.1 Å². The van der Waals surface area contributed by atoms with Gasteiger partial charge in [-0.25, -0.2) is 16.8 Å². The summed E-state index contributed by atoms with van der Waals surface area (Å²) in [5.41, 5.74) is 1.90. The van der Waals surface area contributed by atoms with Crippen LogP contribution in [0.15, 0.2) is 58.3 Å². The molecule has 0 saturated heterocycles. The third-order valence-electron chi connectivity index (χ3n) is 12.0. The number of benzene rings is 2. The Kier molecular flexibility index (Phi) is 41.0. The minimum absolute atomic E-state index is 0. The van der Waals surface area contributed by atoms with Crippen LogP contribution in [-0.2, 0) is 33.1 Å². The Morgan fingerprint density at radius 3 is 0.721 bits per heavy atom. The van der Waals surface area contributed by atoms with Crippen LogP contribution in [0.1, 0.15) is 256 Å². The van der Waals surface area contributed by atoms with Gasteiger partial charge in [0, 0.05) is 0 Å². The van der Waals surface area contributed by atoms with E-state index in [0.717, 1.165) is 36.8 Å². The molecule has 0 spiro atoms. The average Bonchev–Trinajstić information content (AvgIpc) is 3.22. The molecular formula is C52H90MgO6S2. The van der Waals surface area contributed by atoms with Crippen molar-refractivity contribution in [3.05, 3.63) is 59.7 Å². The zero-order chi connectivity index (χ0) is 43.8. The van der Waals surface area contributed by atoms with Gasteiger partial charge in [0.15, 0.2) is 0 Å². The van der Waals surface area contributed by atoms with Crippen LogP contribution in [0.3, 0.4) is 0 Å². The van der Waals surface area contributed by atoms with Crippen molar-refractivity contribution in [2.24, 2.45) is 0 Å². The molecule has 0 bridgehead atoms. The van der Waals surface area contributed by atoms with Gasteiger partial charge in [0.1, 0.15) is 20.2 Å². The summed E-state index contributed by atoms with van der Waals surface area (Å²) >= 11 is 0. The Hall–Kier alpha value is -0.974. The zero-order valence-electron chi connectivity index (χ0n) is 39.5. The van der Waals surface area contributed by atoms with Crippen molar-refractivity contribution in [1.82, 2.24) is 0 Å². The summed E-state index contributed by atoms with van der Waals surface area (Å²) in [7, 11) is -8.68. The van der Waals surface area contributed by atoms with Crippen LogP contribution in [0.5, 0.6) is 0 Å². The second-order valence-corrected chi connectivity index (χ2v) is 20.5. The molecule has 2 rings (SSSR count). The summed E-state index contributed by atoms with van der Waals surface area (Å²) in [5, 5.41) is 0. The molecule has 9 heteroatoms. The summed E-state index contributed by atoms with van der Waals surface area (Å²) < 4.78 is 66.4. The van der Waals surface area contributed by atoms with E-state index in [1.165, 1.54) is 243 Å². The van der Waals surface area contributed by atoms with Crippen molar-refractivity contribution >= 4 is 43.3 Å². The zero-order valence-corrected chi connectivity index (χ0v) is 42.5. The summed E-state index contributed by atoms with van der Waals surface area (Å²) in [5.74, 6) is 0. The van der Waals surface area contributed by atoms with Gasteiger partial charge in [-0.2, -0.15) is 0 Å². The Labute approximate surface area is 394 Å². The smallest absolute Gasteiger partial charge is 0.744 e. The van der Waals surface area contributed by atoms with Crippen LogP contribution in [0.4, 0.5) is 0 Å². The van der Waals surface area contributed by atoms with E-state index in [0.29, 0.717) is 0 Å². The fourth-order valence-corrected chi connectivity index (χ4v) is 9.26. The molecular weight excluding hydrogens is 809 g/mol. The number of hydrogen-bond donors (Lipinski definition) is 0. The van der Waals surface area contributed by atoms with Gasteiger partial charge in [-0.05, 0) is 61.1 Å². The van der Waals surface area contributed by atoms with Crippen molar-refractivity contribution < 1.29 is 25.9 Å². The summed E-state index contributed by atoms with van der Waals surface area (Å²) in [6.45, 7) is 4.55. The van der Waals surface area contributed by atoms with E-state index in [1.54, 1.807) is 12.1 Å². The second kappa shape index (κ2) is 41.7. The maximum absolute atomic E-state index is 11.1. The monoisotopic (exact) mass is 899 g/mol. The minimum atomic E-state index is -4.34. The standard InChI is InChI=1S/2C26H46O3S.Mg/c2*1-2-3-4-5-6-7-8-9-10-11-12-13-14-15-16-17-18-19-21-25-22-20-23-26(24-25)30(27,28)29;/h2*20,22-24H,2-19,21H2,1H3,(H,27,28,29);/q;;+2/p-2. The molecule has 0 atom stereocenters. The van der Waals surface area contributed by atoms with Crippen LogP contribution in [0, 0.1) is 0 Å². The Bertz CT molecular complexity index is 1370. The van der Waals surface area contributed by atoms with Crippen molar-refractivity contribution in [2.45, 2.75) is 268 Å². The first kappa shape index (κ1) is 60.0. The number of unbranched alkanes of at least 4 members (excludes halogenated alkanes) is 34. The fourth-order valence-electron chi connectivity index (χ4n) is 8.17. The molecule has 0 radical (unpaired) electrons. The molecule has 348 valence electrons. The van der Waals surface area contributed by atoms with Crippen LogP contribution < -0.4 is 0 Å². The molecule has 0 aliphatic carbocycles. The molecule has 0 heterocycles. The maximum atomic E-state index is 11.1. The van der Waals surface area contributed by atoms with E-state index in [2.05, 4.69) is 13.8 Å². The molecule has 6 nitrogen and oxygen atoms in total. The SMILES string of the molecule is CCCCCCCCCCCCCCCCCCCCc1cccc(S(=O)(=O)[O-])c1.CCCCCCCCCCCCCCCCCCCCc1cccc(S(=O)(=O)[O-])c1.[Mg+2]. The van der Waals surface area contributed by atoms with Gasteiger partial charge in [-0.3, -0.25) is 0 Å². The fraction of sp³-hybridized carbons (Fsp3) is 0.769. The third-order valence-corrected chi connectivity index (χ3v) is 13.7. The van der Waals surface area contributed by atoms with E-state index >= 15 is 0 Å². The van der Waals surface area contributed by atoms with E-state index in [4.69, 9.17) is 0 Å². The molecule has 2 aromatic carbocycles. The molecule has 0 aliphatic rings. The van der Waals surface area contributed by atoms with Gasteiger partial charge in [0.05, 0.1) is 9.79 Å². The van der Waals surface area contributed by atoms with Crippen LogP contribution >= 0.6 is 0 Å². The summed E-state index contributed by atoms with van der Waals surface area (Å²) in [6, 6.07) is 12.9. The Balaban J connectivity index is 0.00000116. The topological polar surface area (TPSA) is 114 Å². The number of hydrogen-bond acceptors (Lipinski definition) is 6. The molecule has 0 fully saturated rings. The molecule has 0 saturated carbocycles. The first-order valence-electron chi connectivity index (χ1n) is 25.2. The Morgan fingerprint density at radius 2 is 0.525 bits per heavy atom. The van der Waals surface area contributed by atoms with Crippen LogP contribution in [-0.4, -0.2) is 49.0 Å². The molecule has 2 aromatic rings. The second-order valence-electron chi connectivity index (χ2n) is 17.7. The van der Waals surface area contributed by atoms with Gasteiger partial charge < -0.3 is 9.11 Å². The Morgan fingerprint density at radius 1 is 0.328 bits per heavy atom. The predicted molar refractivity (Wildman–Crippen MR) is 260 cm³/mol. The van der Waals surface area contributed by atoms with E-state index in [9.17, 15) is 25.9 Å². The molecule has 0 N–H and O–H groups in total.